The number of nitrogens with zero attached hydrogens (tertiary/aromatic N) is 2. The summed E-state index contributed by atoms with van der Waals surface area (Å²) < 4.78 is 5.28. The van der Waals surface area contributed by atoms with E-state index in [0.717, 1.165) is 19.3 Å². The van der Waals surface area contributed by atoms with E-state index in [9.17, 15) is 19.5 Å². The highest BCUT2D eigenvalue weighted by Gasteiger charge is 2.60. The summed E-state index contributed by atoms with van der Waals surface area (Å²) in [4.78, 5) is 42.3. The predicted octanol–water partition coefficient (Wildman–Crippen LogP) is 3.18. The Morgan fingerprint density at radius 1 is 1.15 bits per heavy atom. The van der Waals surface area contributed by atoms with Gasteiger partial charge in [-0.25, -0.2) is 10.3 Å². The third kappa shape index (κ3) is 3.89. The van der Waals surface area contributed by atoms with Crippen LogP contribution in [0, 0.1) is 17.8 Å². The van der Waals surface area contributed by atoms with Crippen molar-refractivity contribution in [3.05, 3.63) is 23.8 Å². The van der Waals surface area contributed by atoms with Crippen LogP contribution in [0.3, 0.4) is 0 Å². The number of rotatable bonds is 8. The van der Waals surface area contributed by atoms with Gasteiger partial charge in [-0.15, -0.1) is 0 Å². The first-order valence-electron chi connectivity index (χ1n) is 12.3. The van der Waals surface area contributed by atoms with E-state index in [1.165, 1.54) is 32.4 Å². The van der Waals surface area contributed by atoms with Gasteiger partial charge < -0.3 is 14.7 Å². The number of hydrogen-bond donors (Lipinski definition) is 3. The standard InChI is InChI=1S/C25H33N3O6/c1-34-19-5-6-21(29)18(10-19)14-27-20(3-2-4-22(30)26-33)23(31)28(24(27)32)25-11-15-7-16(12-25)9-17(8-15)13-25/h5-6,10,15-17,20,29,33H,2-4,7-9,11-14H2,1H3,(H,26,30). The van der Waals surface area contributed by atoms with E-state index < -0.39 is 17.5 Å². The summed E-state index contributed by atoms with van der Waals surface area (Å²) in [7, 11) is 1.53. The number of urea groups is 1. The van der Waals surface area contributed by atoms with Gasteiger partial charge in [0.15, 0.2) is 0 Å². The van der Waals surface area contributed by atoms with Gasteiger partial charge in [0, 0.05) is 12.0 Å². The van der Waals surface area contributed by atoms with Crippen molar-refractivity contribution in [2.24, 2.45) is 17.8 Å². The number of hydroxylamine groups is 1. The highest BCUT2D eigenvalue weighted by atomic mass is 16.5. The number of amides is 4. The molecule has 9 heteroatoms. The molecule has 9 nitrogen and oxygen atoms in total. The number of hydrogen-bond acceptors (Lipinski definition) is 6. The highest BCUT2D eigenvalue weighted by Crippen LogP contribution is 2.58. The molecule has 4 saturated carbocycles. The Kier molecular flexibility index (Phi) is 5.91. The van der Waals surface area contributed by atoms with Gasteiger partial charge >= 0.3 is 6.03 Å². The molecule has 1 aliphatic heterocycles. The lowest BCUT2D eigenvalue weighted by Crippen LogP contribution is -2.62. The van der Waals surface area contributed by atoms with Gasteiger partial charge in [0.1, 0.15) is 17.5 Å². The van der Waals surface area contributed by atoms with Crippen molar-refractivity contribution in [3.8, 4) is 11.5 Å². The molecule has 0 aromatic heterocycles. The molecule has 5 fully saturated rings. The molecule has 4 bridgehead atoms. The number of methoxy groups -OCH3 is 1. The topological polar surface area (TPSA) is 119 Å². The number of carbonyl (C=O) groups excluding carboxylic acids is 3. The van der Waals surface area contributed by atoms with E-state index >= 15 is 0 Å². The molecule has 5 aliphatic rings. The van der Waals surface area contributed by atoms with Gasteiger partial charge in [-0.1, -0.05) is 0 Å². The molecule has 1 aromatic rings. The zero-order chi connectivity index (χ0) is 24.0. The van der Waals surface area contributed by atoms with Gasteiger partial charge in [-0.2, -0.15) is 0 Å². The summed E-state index contributed by atoms with van der Waals surface area (Å²) in [6, 6.07) is 3.83. The van der Waals surface area contributed by atoms with Crippen LogP contribution in [0.5, 0.6) is 11.5 Å². The fourth-order valence-electron chi connectivity index (χ4n) is 7.38. The lowest BCUT2D eigenvalue weighted by molar-refractivity contribution is -0.141. The maximum atomic E-state index is 13.9. The fourth-order valence-corrected chi connectivity index (χ4v) is 7.38. The van der Waals surface area contributed by atoms with E-state index in [-0.39, 0.29) is 30.7 Å². The zero-order valence-corrected chi connectivity index (χ0v) is 19.5. The van der Waals surface area contributed by atoms with Crippen molar-refractivity contribution < 1.29 is 29.4 Å². The SMILES string of the molecule is COc1ccc(O)c(CN2C(=O)N(C34CC5CC(CC(C5)C3)C4)C(=O)C2CCCC(=O)NO)c1. The van der Waals surface area contributed by atoms with Gasteiger partial charge in [-0.05, 0) is 87.3 Å². The van der Waals surface area contributed by atoms with Crippen LogP contribution in [0.15, 0.2) is 18.2 Å². The fraction of sp³-hybridized carbons (Fsp3) is 0.640. The Balaban J connectivity index is 1.44. The minimum Gasteiger partial charge on any atom is -0.508 e. The summed E-state index contributed by atoms with van der Waals surface area (Å²) >= 11 is 0. The molecule has 3 N–H and O–H groups in total. The van der Waals surface area contributed by atoms with E-state index in [1.807, 2.05) is 0 Å². The van der Waals surface area contributed by atoms with E-state index in [4.69, 9.17) is 9.94 Å². The Labute approximate surface area is 199 Å². The van der Waals surface area contributed by atoms with Gasteiger partial charge in [0.25, 0.3) is 5.91 Å². The summed E-state index contributed by atoms with van der Waals surface area (Å²) in [5.74, 6) is 1.61. The molecular formula is C25H33N3O6. The predicted molar refractivity (Wildman–Crippen MR) is 121 cm³/mol. The average Bonchev–Trinajstić information content (AvgIpc) is 3.03. The van der Waals surface area contributed by atoms with Crippen molar-refractivity contribution in [1.82, 2.24) is 15.3 Å². The molecule has 184 valence electrons. The maximum Gasteiger partial charge on any atom is 0.328 e. The van der Waals surface area contributed by atoms with E-state index in [1.54, 1.807) is 27.4 Å². The van der Waals surface area contributed by atoms with Crippen molar-refractivity contribution in [1.29, 1.82) is 0 Å². The normalized spacial score (nSPS) is 31.9. The van der Waals surface area contributed by atoms with Crippen molar-refractivity contribution >= 4 is 17.8 Å². The monoisotopic (exact) mass is 471 g/mol. The third-order valence-electron chi connectivity index (χ3n) is 8.43. The summed E-state index contributed by atoms with van der Waals surface area (Å²) in [6.45, 7) is 0.0767. The number of carbonyl (C=O) groups is 3. The molecular weight excluding hydrogens is 438 g/mol. The highest BCUT2D eigenvalue weighted by molar-refractivity contribution is 6.05. The van der Waals surface area contributed by atoms with E-state index in [0.29, 0.717) is 41.9 Å². The number of benzene rings is 1. The van der Waals surface area contributed by atoms with Crippen LogP contribution in [0.1, 0.15) is 63.4 Å². The zero-order valence-electron chi connectivity index (χ0n) is 19.5. The molecule has 1 heterocycles. The van der Waals surface area contributed by atoms with Crippen molar-refractivity contribution in [2.75, 3.05) is 7.11 Å². The van der Waals surface area contributed by atoms with Crippen LogP contribution < -0.4 is 10.2 Å². The first-order valence-corrected chi connectivity index (χ1v) is 12.3. The second-order valence-corrected chi connectivity index (χ2v) is 10.7. The second-order valence-electron chi connectivity index (χ2n) is 10.7. The van der Waals surface area contributed by atoms with Gasteiger partial charge in [0.05, 0.1) is 19.2 Å². The van der Waals surface area contributed by atoms with Gasteiger partial charge in [0.2, 0.25) is 5.91 Å². The van der Waals surface area contributed by atoms with Crippen LogP contribution in [0.4, 0.5) is 4.79 Å². The molecule has 1 aromatic carbocycles. The molecule has 1 unspecified atom stereocenters. The third-order valence-corrected chi connectivity index (χ3v) is 8.43. The first-order chi connectivity index (χ1) is 16.3. The number of aromatic hydroxyl groups is 1. The van der Waals surface area contributed by atoms with Crippen molar-refractivity contribution in [3.63, 3.8) is 0 Å². The molecule has 1 atom stereocenters. The minimum absolute atomic E-state index is 0.0349. The van der Waals surface area contributed by atoms with Crippen LogP contribution in [-0.2, 0) is 16.1 Å². The number of phenolic OH excluding ortho intramolecular Hbond substituents is 1. The Bertz CT molecular complexity index is 960. The second kappa shape index (κ2) is 8.76. The molecule has 34 heavy (non-hydrogen) atoms. The number of nitrogens with one attached hydrogen (secondary N) is 1. The molecule has 4 amide bonds. The van der Waals surface area contributed by atoms with Crippen LogP contribution in [0.25, 0.3) is 0 Å². The lowest BCUT2D eigenvalue weighted by atomic mass is 9.52. The molecule has 0 spiro atoms. The molecule has 6 rings (SSSR count). The van der Waals surface area contributed by atoms with Crippen LogP contribution in [-0.4, -0.2) is 56.6 Å². The minimum atomic E-state index is -0.711. The number of imide groups is 1. The average molecular weight is 472 g/mol. The summed E-state index contributed by atoms with van der Waals surface area (Å²) in [5, 5.41) is 19.2. The maximum absolute atomic E-state index is 13.9. The first kappa shape index (κ1) is 23.0. The Morgan fingerprint density at radius 3 is 2.38 bits per heavy atom. The quantitative estimate of drug-likeness (QED) is 0.304. The largest absolute Gasteiger partial charge is 0.508 e. The summed E-state index contributed by atoms with van der Waals surface area (Å²) in [5.41, 5.74) is 1.72. The van der Waals surface area contributed by atoms with Crippen LogP contribution in [0.2, 0.25) is 0 Å². The Hall–Kier alpha value is -2.81. The molecule has 1 saturated heterocycles. The van der Waals surface area contributed by atoms with Crippen molar-refractivity contribution in [2.45, 2.75) is 75.9 Å². The lowest BCUT2D eigenvalue weighted by Gasteiger charge is -2.58. The smallest absolute Gasteiger partial charge is 0.328 e. The Morgan fingerprint density at radius 2 is 1.79 bits per heavy atom. The summed E-state index contributed by atoms with van der Waals surface area (Å²) in [6.07, 6.45) is 6.99. The van der Waals surface area contributed by atoms with E-state index in [2.05, 4.69) is 0 Å². The number of phenols is 1. The van der Waals surface area contributed by atoms with Crippen LogP contribution >= 0.6 is 0 Å². The molecule has 4 aliphatic carbocycles. The number of ether oxygens (including phenoxy) is 1. The van der Waals surface area contributed by atoms with Gasteiger partial charge in [-0.3, -0.25) is 19.7 Å². The molecule has 0 radical (unpaired) electrons.